The van der Waals surface area contributed by atoms with Crippen LogP contribution in [0.3, 0.4) is 0 Å². The lowest BCUT2D eigenvalue weighted by Gasteiger charge is -2.10. The zero-order chi connectivity index (χ0) is 19.3. The number of aryl methyl sites for hydroxylation is 1. The summed E-state index contributed by atoms with van der Waals surface area (Å²) in [7, 11) is -3.94. The Hall–Kier alpha value is -2.47. The molecule has 0 unspecified atom stereocenters. The first-order valence-electron chi connectivity index (χ1n) is 8.62. The Morgan fingerprint density at radius 3 is 2.23 bits per heavy atom. The fourth-order valence-corrected chi connectivity index (χ4v) is 3.24. The maximum atomic E-state index is 12.5. The maximum absolute atomic E-state index is 12.5. The smallest absolute Gasteiger partial charge is 0.340 e. The SMILES string of the molecule is CC.Cc1ccc(S(=O)(=O)Oc2ncnc3ccc(C(C)C)cc23)cc1. The third kappa shape index (κ3) is 4.38. The molecule has 5 nitrogen and oxygen atoms in total. The number of hydrogen-bond acceptors (Lipinski definition) is 5. The number of aromatic nitrogens is 2. The van der Waals surface area contributed by atoms with Crippen LogP contribution in [0.25, 0.3) is 10.9 Å². The van der Waals surface area contributed by atoms with Crippen molar-refractivity contribution in [2.45, 2.75) is 45.4 Å². The second-order valence-corrected chi connectivity index (χ2v) is 7.51. The van der Waals surface area contributed by atoms with Crippen LogP contribution >= 0.6 is 0 Å². The minimum Gasteiger partial charge on any atom is -0.357 e. The summed E-state index contributed by atoms with van der Waals surface area (Å²) < 4.78 is 30.3. The molecule has 0 saturated carbocycles. The van der Waals surface area contributed by atoms with Gasteiger partial charge in [0.2, 0.25) is 5.88 Å². The van der Waals surface area contributed by atoms with Gasteiger partial charge in [0.15, 0.2) is 0 Å². The van der Waals surface area contributed by atoms with Gasteiger partial charge in [-0.1, -0.05) is 51.5 Å². The van der Waals surface area contributed by atoms with E-state index < -0.39 is 10.1 Å². The van der Waals surface area contributed by atoms with Crippen molar-refractivity contribution in [2.75, 3.05) is 0 Å². The van der Waals surface area contributed by atoms with Crippen molar-refractivity contribution in [2.24, 2.45) is 0 Å². The summed E-state index contributed by atoms with van der Waals surface area (Å²) in [4.78, 5) is 8.29. The van der Waals surface area contributed by atoms with Gasteiger partial charge >= 0.3 is 10.1 Å². The van der Waals surface area contributed by atoms with Crippen LogP contribution in [-0.2, 0) is 10.1 Å². The fraction of sp³-hybridized carbons (Fsp3) is 0.300. The molecule has 2 aromatic carbocycles. The topological polar surface area (TPSA) is 69.2 Å². The molecule has 0 spiro atoms. The molecule has 0 radical (unpaired) electrons. The first-order valence-corrected chi connectivity index (χ1v) is 10.0. The highest BCUT2D eigenvalue weighted by molar-refractivity contribution is 7.87. The van der Waals surface area contributed by atoms with E-state index in [0.717, 1.165) is 11.1 Å². The van der Waals surface area contributed by atoms with E-state index in [2.05, 4.69) is 23.8 Å². The lowest BCUT2D eigenvalue weighted by molar-refractivity contribution is 0.479. The molecule has 0 saturated heterocycles. The Morgan fingerprint density at radius 1 is 0.962 bits per heavy atom. The summed E-state index contributed by atoms with van der Waals surface area (Å²) in [6.45, 7) is 10.0. The minimum absolute atomic E-state index is 0.0445. The van der Waals surface area contributed by atoms with E-state index in [1.165, 1.54) is 18.5 Å². The number of hydrogen-bond donors (Lipinski definition) is 0. The number of rotatable bonds is 4. The van der Waals surface area contributed by atoms with E-state index in [4.69, 9.17) is 4.18 Å². The summed E-state index contributed by atoms with van der Waals surface area (Å²) in [6, 6.07) is 12.2. The summed E-state index contributed by atoms with van der Waals surface area (Å²) >= 11 is 0. The van der Waals surface area contributed by atoms with Gasteiger partial charge in [-0.25, -0.2) is 9.97 Å². The third-order valence-corrected chi connectivity index (χ3v) is 5.01. The molecule has 0 amide bonds. The van der Waals surface area contributed by atoms with Crippen LogP contribution in [0, 0.1) is 6.92 Å². The van der Waals surface area contributed by atoms with Crippen LogP contribution in [0.15, 0.2) is 53.7 Å². The Kier molecular flexibility index (Phi) is 6.32. The van der Waals surface area contributed by atoms with Crippen molar-refractivity contribution in [3.05, 3.63) is 59.9 Å². The van der Waals surface area contributed by atoms with Crippen molar-refractivity contribution in [1.82, 2.24) is 9.97 Å². The molecule has 0 bridgehead atoms. The molecular formula is C20H24N2O3S. The normalized spacial score (nSPS) is 11.2. The Balaban J connectivity index is 0.00000117. The molecule has 0 fully saturated rings. The highest BCUT2D eigenvalue weighted by Crippen LogP contribution is 2.28. The summed E-state index contributed by atoms with van der Waals surface area (Å²) in [5, 5.41) is 0.583. The van der Waals surface area contributed by atoms with Crippen LogP contribution in [0.2, 0.25) is 0 Å². The average Bonchev–Trinajstić information content (AvgIpc) is 2.63. The lowest BCUT2D eigenvalue weighted by Crippen LogP contribution is -2.11. The van der Waals surface area contributed by atoms with Gasteiger partial charge in [-0.2, -0.15) is 8.42 Å². The van der Waals surface area contributed by atoms with E-state index in [1.54, 1.807) is 12.1 Å². The van der Waals surface area contributed by atoms with Gasteiger partial charge < -0.3 is 4.18 Å². The molecule has 0 aliphatic rings. The second-order valence-electron chi connectivity index (χ2n) is 5.96. The van der Waals surface area contributed by atoms with E-state index in [9.17, 15) is 8.42 Å². The molecule has 26 heavy (non-hydrogen) atoms. The zero-order valence-corrected chi connectivity index (χ0v) is 16.5. The average molecular weight is 372 g/mol. The molecule has 0 aliphatic carbocycles. The van der Waals surface area contributed by atoms with Crippen LogP contribution in [0.5, 0.6) is 5.88 Å². The van der Waals surface area contributed by atoms with Crippen LogP contribution < -0.4 is 4.18 Å². The van der Waals surface area contributed by atoms with Crippen molar-refractivity contribution >= 4 is 21.0 Å². The second kappa shape index (κ2) is 8.27. The molecule has 0 aliphatic heterocycles. The van der Waals surface area contributed by atoms with Gasteiger partial charge in [0.1, 0.15) is 11.2 Å². The predicted octanol–water partition coefficient (Wildman–Crippen LogP) is 4.86. The van der Waals surface area contributed by atoms with Gasteiger partial charge in [-0.3, -0.25) is 0 Å². The Labute approximate surface area is 155 Å². The number of benzene rings is 2. The Bertz CT molecular complexity index is 982. The van der Waals surface area contributed by atoms with Gasteiger partial charge in [0, 0.05) is 0 Å². The molecule has 1 heterocycles. The maximum Gasteiger partial charge on any atom is 0.340 e. The van der Waals surface area contributed by atoms with Crippen LogP contribution in [-0.4, -0.2) is 18.4 Å². The van der Waals surface area contributed by atoms with Crippen molar-refractivity contribution < 1.29 is 12.6 Å². The molecule has 0 atom stereocenters. The molecule has 1 aromatic heterocycles. The Morgan fingerprint density at radius 2 is 1.62 bits per heavy atom. The van der Waals surface area contributed by atoms with E-state index in [-0.39, 0.29) is 10.8 Å². The van der Waals surface area contributed by atoms with Crippen molar-refractivity contribution in [3.8, 4) is 5.88 Å². The van der Waals surface area contributed by atoms with E-state index in [1.807, 2.05) is 39.0 Å². The zero-order valence-electron chi connectivity index (χ0n) is 15.7. The van der Waals surface area contributed by atoms with Gasteiger partial charge in [0.05, 0.1) is 10.9 Å². The molecule has 3 aromatic rings. The molecule has 3 rings (SSSR count). The van der Waals surface area contributed by atoms with Gasteiger partial charge in [-0.15, -0.1) is 0 Å². The minimum atomic E-state index is -3.94. The standard InChI is InChI=1S/C18H18N2O3S.C2H6/c1-12(2)14-6-9-17-16(10-14)18(20-11-19-17)23-24(21,22)15-7-4-13(3)5-8-15;1-2/h4-12H,1-3H3;1-2H3. The first kappa shape index (κ1) is 19.8. The largest absolute Gasteiger partial charge is 0.357 e. The van der Waals surface area contributed by atoms with Crippen molar-refractivity contribution in [3.63, 3.8) is 0 Å². The number of fused-ring (bicyclic) bond motifs is 1. The molecular weight excluding hydrogens is 348 g/mol. The lowest BCUT2D eigenvalue weighted by atomic mass is 10.0. The molecule has 6 heteroatoms. The van der Waals surface area contributed by atoms with E-state index in [0.29, 0.717) is 16.8 Å². The van der Waals surface area contributed by atoms with Gasteiger partial charge in [0.25, 0.3) is 0 Å². The summed E-state index contributed by atoms with van der Waals surface area (Å²) in [5.41, 5.74) is 2.68. The van der Waals surface area contributed by atoms with E-state index >= 15 is 0 Å². The monoisotopic (exact) mass is 372 g/mol. The molecule has 138 valence electrons. The third-order valence-electron chi connectivity index (χ3n) is 3.79. The van der Waals surface area contributed by atoms with Crippen molar-refractivity contribution in [1.29, 1.82) is 0 Å². The summed E-state index contributed by atoms with van der Waals surface area (Å²) in [6.07, 6.45) is 1.30. The highest BCUT2D eigenvalue weighted by Gasteiger charge is 2.19. The molecule has 0 N–H and O–H groups in total. The predicted molar refractivity (Wildman–Crippen MR) is 104 cm³/mol. The quantitative estimate of drug-likeness (QED) is 0.612. The van der Waals surface area contributed by atoms with Crippen LogP contribution in [0.1, 0.15) is 44.7 Å². The van der Waals surface area contributed by atoms with Gasteiger partial charge in [-0.05, 0) is 42.7 Å². The number of nitrogens with zero attached hydrogens (tertiary/aromatic N) is 2. The highest BCUT2D eigenvalue weighted by atomic mass is 32.2. The summed E-state index contributed by atoms with van der Waals surface area (Å²) in [5.74, 6) is 0.347. The first-order chi connectivity index (χ1) is 12.4. The van der Waals surface area contributed by atoms with Crippen LogP contribution in [0.4, 0.5) is 0 Å². The fourth-order valence-electron chi connectivity index (χ4n) is 2.33.